The van der Waals surface area contributed by atoms with Gasteiger partial charge < -0.3 is 14.1 Å². The number of carbonyl (C=O) groups is 1. The molecule has 24 heavy (non-hydrogen) atoms. The van der Waals surface area contributed by atoms with Crippen molar-refractivity contribution in [3.8, 4) is 0 Å². The van der Waals surface area contributed by atoms with Gasteiger partial charge in [-0.05, 0) is 51.5 Å². The first-order valence-electron chi connectivity index (χ1n) is 9.33. The fraction of sp³-hybridized carbons (Fsp3) is 0.737. The molecule has 3 aliphatic rings. The lowest BCUT2D eigenvalue weighted by Gasteiger charge is -2.30. The molecule has 4 rings (SSSR count). The van der Waals surface area contributed by atoms with Gasteiger partial charge in [0.05, 0.1) is 5.56 Å². The van der Waals surface area contributed by atoms with Crippen LogP contribution in [-0.2, 0) is 4.74 Å². The second kappa shape index (κ2) is 6.52. The van der Waals surface area contributed by atoms with E-state index in [0.717, 1.165) is 62.1 Å². The Morgan fingerprint density at radius 3 is 2.58 bits per heavy atom. The van der Waals surface area contributed by atoms with Crippen LogP contribution in [0.3, 0.4) is 0 Å². The number of amides is 1. The number of likely N-dealkylation sites (tertiary alicyclic amines) is 2. The van der Waals surface area contributed by atoms with Gasteiger partial charge in [-0.2, -0.15) is 0 Å². The maximum atomic E-state index is 13.0. The molecule has 3 aliphatic heterocycles. The van der Waals surface area contributed by atoms with Crippen LogP contribution >= 0.6 is 0 Å². The van der Waals surface area contributed by atoms with Crippen LogP contribution in [-0.4, -0.2) is 60.6 Å². The third-order valence-electron chi connectivity index (χ3n) is 6.06. The van der Waals surface area contributed by atoms with E-state index >= 15 is 0 Å². The quantitative estimate of drug-likeness (QED) is 0.853. The highest BCUT2D eigenvalue weighted by atomic mass is 16.5. The van der Waals surface area contributed by atoms with Crippen LogP contribution in [0.1, 0.15) is 47.6 Å². The maximum Gasteiger partial charge on any atom is 0.257 e. The van der Waals surface area contributed by atoms with Gasteiger partial charge in [0.15, 0.2) is 0 Å². The number of aryl methyl sites for hydroxylation is 2. The number of ether oxygens (including phenoxy) is 1. The molecule has 5 nitrogen and oxygen atoms in total. The summed E-state index contributed by atoms with van der Waals surface area (Å²) in [5.41, 5.74) is 0.746. The summed E-state index contributed by atoms with van der Waals surface area (Å²) < 4.78 is 11.0. The van der Waals surface area contributed by atoms with Crippen molar-refractivity contribution >= 4 is 5.91 Å². The molecule has 2 atom stereocenters. The van der Waals surface area contributed by atoms with Crippen LogP contribution in [0.25, 0.3) is 0 Å². The van der Waals surface area contributed by atoms with E-state index in [9.17, 15) is 4.79 Å². The molecule has 0 aliphatic carbocycles. The first kappa shape index (κ1) is 16.2. The normalized spacial score (nSPS) is 28.5. The largest absolute Gasteiger partial charge is 0.466 e. The molecule has 0 aromatic carbocycles. The molecule has 3 saturated heterocycles. The third-order valence-corrected chi connectivity index (χ3v) is 6.06. The Morgan fingerprint density at radius 1 is 1.12 bits per heavy atom. The van der Waals surface area contributed by atoms with Crippen molar-refractivity contribution in [2.24, 2.45) is 5.92 Å². The number of furan rings is 1. The zero-order chi connectivity index (χ0) is 16.7. The minimum Gasteiger partial charge on any atom is -0.466 e. The smallest absolute Gasteiger partial charge is 0.257 e. The molecule has 4 heterocycles. The second-order valence-electron chi connectivity index (χ2n) is 7.59. The van der Waals surface area contributed by atoms with Crippen LogP contribution < -0.4 is 0 Å². The molecule has 0 N–H and O–H groups in total. The lowest BCUT2D eigenvalue weighted by molar-refractivity contribution is 0.0502. The first-order valence-corrected chi connectivity index (χ1v) is 9.33. The van der Waals surface area contributed by atoms with E-state index in [2.05, 4.69) is 9.80 Å². The van der Waals surface area contributed by atoms with E-state index in [1.54, 1.807) is 0 Å². The highest BCUT2D eigenvalue weighted by Crippen LogP contribution is 2.34. The Hall–Kier alpha value is -1.33. The van der Waals surface area contributed by atoms with E-state index in [1.165, 1.54) is 19.4 Å². The summed E-state index contributed by atoms with van der Waals surface area (Å²) in [6.07, 6.45) is 4.58. The van der Waals surface area contributed by atoms with Gasteiger partial charge in [-0.25, -0.2) is 0 Å². The Labute approximate surface area is 143 Å². The topological polar surface area (TPSA) is 45.9 Å². The SMILES string of the molecule is Cc1cc(C(=O)N2CC[C@@H]3[C@@H]2CCN3CC2CCOCC2)c(C)o1. The summed E-state index contributed by atoms with van der Waals surface area (Å²) in [6, 6.07) is 2.82. The molecule has 0 bridgehead atoms. The second-order valence-corrected chi connectivity index (χ2v) is 7.59. The summed E-state index contributed by atoms with van der Waals surface area (Å²) >= 11 is 0. The standard InChI is InChI=1S/C19H28N2O3/c1-13-11-16(14(2)24-13)19(22)21-8-4-17-18(21)3-7-20(17)12-15-5-9-23-10-6-15/h11,15,17-18H,3-10,12H2,1-2H3/t17-,18+/m1/s1. The van der Waals surface area contributed by atoms with Gasteiger partial charge in [0.2, 0.25) is 0 Å². The molecule has 5 heteroatoms. The van der Waals surface area contributed by atoms with Gasteiger partial charge in [-0.1, -0.05) is 0 Å². The van der Waals surface area contributed by atoms with E-state index in [1.807, 2.05) is 19.9 Å². The van der Waals surface area contributed by atoms with Crippen LogP contribution in [0.5, 0.6) is 0 Å². The molecule has 0 unspecified atom stereocenters. The van der Waals surface area contributed by atoms with Gasteiger partial charge in [0.25, 0.3) is 5.91 Å². The lowest BCUT2D eigenvalue weighted by Crippen LogP contribution is -2.41. The van der Waals surface area contributed by atoms with Crippen LogP contribution in [0, 0.1) is 19.8 Å². The zero-order valence-corrected chi connectivity index (χ0v) is 14.8. The highest BCUT2D eigenvalue weighted by molar-refractivity contribution is 5.95. The van der Waals surface area contributed by atoms with E-state index in [4.69, 9.17) is 9.15 Å². The van der Waals surface area contributed by atoms with Crippen LogP contribution in [0.2, 0.25) is 0 Å². The Morgan fingerprint density at radius 2 is 1.88 bits per heavy atom. The fourth-order valence-electron chi connectivity index (χ4n) is 4.81. The number of carbonyl (C=O) groups excluding carboxylic acids is 1. The Kier molecular flexibility index (Phi) is 4.39. The third kappa shape index (κ3) is 2.88. The average Bonchev–Trinajstić information content (AvgIpc) is 3.24. The monoisotopic (exact) mass is 332 g/mol. The molecule has 0 saturated carbocycles. The Bertz CT molecular complexity index is 606. The van der Waals surface area contributed by atoms with Gasteiger partial charge in [-0.15, -0.1) is 0 Å². The zero-order valence-electron chi connectivity index (χ0n) is 14.8. The first-order chi connectivity index (χ1) is 11.6. The van der Waals surface area contributed by atoms with Crippen molar-refractivity contribution in [3.63, 3.8) is 0 Å². The molecule has 0 radical (unpaired) electrons. The molecule has 0 spiro atoms. The number of nitrogens with zero attached hydrogens (tertiary/aromatic N) is 2. The summed E-state index contributed by atoms with van der Waals surface area (Å²) in [4.78, 5) is 17.7. The Balaban J connectivity index is 1.42. The van der Waals surface area contributed by atoms with Crippen molar-refractivity contribution in [1.82, 2.24) is 9.80 Å². The van der Waals surface area contributed by atoms with E-state index in [-0.39, 0.29) is 5.91 Å². The molecule has 3 fully saturated rings. The molecular formula is C19H28N2O3. The van der Waals surface area contributed by atoms with Gasteiger partial charge in [0.1, 0.15) is 11.5 Å². The number of rotatable bonds is 3. The number of hydrogen-bond donors (Lipinski definition) is 0. The van der Waals surface area contributed by atoms with Gasteiger partial charge in [0, 0.05) is 44.9 Å². The van der Waals surface area contributed by atoms with Crippen molar-refractivity contribution in [1.29, 1.82) is 0 Å². The van der Waals surface area contributed by atoms with Crippen molar-refractivity contribution in [2.45, 2.75) is 51.6 Å². The molecule has 132 valence electrons. The predicted octanol–water partition coefficient (Wildman–Crippen LogP) is 2.61. The molecule has 1 aromatic heterocycles. The van der Waals surface area contributed by atoms with E-state index < -0.39 is 0 Å². The van der Waals surface area contributed by atoms with E-state index in [0.29, 0.717) is 12.1 Å². The minimum absolute atomic E-state index is 0.157. The molecular weight excluding hydrogens is 304 g/mol. The fourth-order valence-corrected chi connectivity index (χ4v) is 4.81. The van der Waals surface area contributed by atoms with Crippen LogP contribution in [0.4, 0.5) is 0 Å². The minimum atomic E-state index is 0.157. The number of fused-ring (bicyclic) bond motifs is 1. The van der Waals surface area contributed by atoms with Crippen LogP contribution in [0.15, 0.2) is 10.5 Å². The summed E-state index contributed by atoms with van der Waals surface area (Å²) in [5, 5.41) is 0. The van der Waals surface area contributed by atoms with Crippen molar-refractivity contribution in [3.05, 3.63) is 23.2 Å². The summed E-state index contributed by atoms with van der Waals surface area (Å²) in [6.45, 7) is 8.80. The number of hydrogen-bond acceptors (Lipinski definition) is 4. The highest BCUT2D eigenvalue weighted by Gasteiger charge is 2.45. The molecule has 1 aromatic rings. The predicted molar refractivity (Wildman–Crippen MR) is 91.1 cm³/mol. The maximum absolute atomic E-state index is 13.0. The van der Waals surface area contributed by atoms with Crippen molar-refractivity contribution < 1.29 is 13.9 Å². The summed E-state index contributed by atoms with van der Waals surface area (Å²) in [5.74, 6) is 2.49. The van der Waals surface area contributed by atoms with Gasteiger partial charge in [-0.3, -0.25) is 9.69 Å². The van der Waals surface area contributed by atoms with Gasteiger partial charge >= 0.3 is 0 Å². The summed E-state index contributed by atoms with van der Waals surface area (Å²) in [7, 11) is 0. The lowest BCUT2D eigenvalue weighted by atomic mass is 9.99. The molecule has 1 amide bonds. The average molecular weight is 332 g/mol. The van der Waals surface area contributed by atoms with Crippen molar-refractivity contribution in [2.75, 3.05) is 32.8 Å².